The normalized spacial score (nSPS) is 17.5. The molecule has 0 spiro atoms. The van der Waals surface area contributed by atoms with Gasteiger partial charge in [0.05, 0.1) is 36.8 Å². The summed E-state index contributed by atoms with van der Waals surface area (Å²) < 4.78 is 28.7. The van der Waals surface area contributed by atoms with Gasteiger partial charge in [-0.3, -0.25) is 4.79 Å². The van der Waals surface area contributed by atoms with E-state index < -0.39 is 15.8 Å². The van der Waals surface area contributed by atoms with Crippen molar-refractivity contribution in [3.63, 3.8) is 0 Å². The van der Waals surface area contributed by atoms with E-state index in [2.05, 4.69) is 5.32 Å². The van der Waals surface area contributed by atoms with Gasteiger partial charge in [0.1, 0.15) is 0 Å². The first kappa shape index (κ1) is 20.9. The van der Waals surface area contributed by atoms with Crippen LogP contribution in [0.4, 0.5) is 11.4 Å². The summed E-state index contributed by atoms with van der Waals surface area (Å²) in [4.78, 5) is 26.4. The molecule has 3 rings (SSSR count). The lowest BCUT2D eigenvalue weighted by Gasteiger charge is -2.29. The lowest BCUT2D eigenvalue weighted by atomic mass is 10.1. The second kappa shape index (κ2) is 8.65. The van der Waals surface area contributed by atoms with E-state index in [4.69, 9.17) is 4.74 Å². The molecular formula is C21H24N2O5S. The van der Waals surface area contributed by atoms with Crippen molar-refractivity contribution in [1.82, 2.24) is 0 Å². The topological polar surface area (TPSA) is 92.8 Å². The molecule has 2 aromatic carbocycles. The fraction of sp³-hybridized carbons (Fsp3) is 0.333. The van der Waals surface area contributed by atoms with Crippen LogP contribution in [0.3, 0.4) is 0 Å². The van der Waals surface area contributed by atoms with Gasteiger partial charge in [-0.25, -0.2) is 13.2 Å². The zero-order chi connectivity index (χ0) is 21.0. The van der Waals surface area contributed by atoms with E-state index in [0.29, 0.717) is 23.4 Å². The molecule has 0 radical (unpaired) electrons. The minimum atomic E-state index is -3.14. The number of nitrogens with zero attached hydrogens (tertiary/aromatic N) is 1. The van der Waals surface area contributed by atoms with Crippen LogP contribution < -0.4 is 10.2 Å². The fourth-order valence-corrected chi connectivity index (χ4v) is 5.14. The maximum atomic E-state index is 13.1. The van der Waals surface area contributed by atoms with Crippen LogP contribution in [-0.4, -0.2) is 51.5 Å². The number of benzene rings is 2. The van der Waals surface area contributed by atoms with E-state index in [9.17, 15) is 18.0 Å². The number of ether oxygens (including phenoxy) is 1. The molecular weight excluding hydrogens is 392 g/mol. The predicted molar refractivity (Wildman–Crippen MR) is 112 cm³/mol. The Labute approximate surface area is 170 Å². The van der Waals surface area contributed by atoms with Crippen molar-refractivity contribution in [2.24, 2.45) is 0 Å². The molecule has 0 aromatic heterocycles. The molecule has 1 amide bonds. The summed E-state index contributed by atoms with van der Waals surface area (Å²) >= 11 is 0. The number of anilines is 2. The number of nitrogens with one attached hydrogen (secondary N) is 1. The Hall–Kier alpha value is -2.87. The van der Waals surface area contributed by atoms with Crippen LogP contribution in [0.5, 0.6) is 0 Å². The molecule has 1 unspecified atom stereocenters. The number of para-hydroxylation sites is 1. The van der Waals surface area contributed by atoms with E-state index in [1.807, 2.05) is 25.1 Å². The summed E-state index contributed by atoms with van der Waals surface area (Å²) in [7, 11) is -1.83. The van der Waals surface area contributed by atoms with E-state index in [1.165, 1.54) is 7.11 Å². The molecule has 0 bridgehead atoms. The van der Waals surface area contributed by atoms with E-state index in [1.54, 1.807) is 35.2 Å². The molecule has 1 heterocycles. The molecule has 8 heteroatoms. The standard InChI is InChI=1S/C21H24N2O5S/c1-15-8-9-16(21(25)28-2)12-19(15)22-13-20(24)23(17-6-4-3-5-7-17)18-10-11-29(26,27)14-18/h3-9,12,18,22H,10-11,13-14H2,1-2H3. The van der Waals surface area contributed by atoms with Crippen LogP contribution in [0.15, 0.2) is 48.5 Å². The van der Waals surface area contributed by atoms with Crippen molar-refractivity contribution < 1.29 is 22.7 Å². The molecule has 7 nitrogen and oxygen atoms in total. The number of hydrogen-bond acceptors (Lipinski definition) is 6. The summed E-state index contributed by atoms with van der Waals surface area (Å²) in [5.74, 6) is -0.644. The van der Waals surface area contributed by atoms with Gasteiger partial charge in [0, 0.05) is 11.4 Å². The second-order valence-electron chi connectivity index (χ2n) is 7.03. The van der Waals surface area contributed by atoms with Crippen LogP contribution in [0.1, 0.15) is 22.3 Å². The molecule has 0 saturated carbocycles. The summed E-state index contributed by atoms with van der Waals surface area (Å²) in [5, 5.41) is 3.08. The number of methoxy groups -OCH3 is 1. The van der Waals surface area contributed by atoms with Crippen LogP contribution in [0.25, 0.3) is 0 Å². The smallest absolute Gasteiger partial charge is 0.337 e. The number of carbonyl (C=O) groups excluding carboxylic acids is 2. The van der Waals surface area contributed by atoms with Crippen LogP contribution in [0.2, 0.25) is 0 Å². The molecule has 1 N–H and O–H groups in total. The minimum absolute atomic E-state index is 0.0308. The van der Waals surface area contributed by atoms with E-state index >= 15 is 0 Å². The fourth-order valence-electron chi connectivity index (χ4n) is 3.44. The molecule has 1 fully saturated rings. The molecule has 0 aliphatic carbocycles. The number of carbonyl (C=O) groups is 2. The molecule has 2 aromatic rings. The van der Waals surface area contributed by atoms with Gasteiger partial charge >= 0.3 is 5.97 Å². The quantitative estimate of drug-likeness (QED) is 0.727. The average molecular weight is 416 g/mol. The first-order valence-electron chi connectivity index (χ1n) is 9.31. The highest BCUT2D eigenvalue weighted by molar-refractivity contribution is 7.91. The number of esters is 1. The largest absolute Gasteiger partial charge is 0.465 e. The van der Waals surface area contributed by atoms with Gasteiger partial charge in [-0.2, -0.15) is 0 Å². The third-order valence-electron chi connectivity index (χ3n) is 4.97. The molecule has 1 aliphatic heterocycles. The Bertz CT molecular complexity index is 1000. The number of sulfone groups is 1. The highest BCUT2D eigenvalue weighted by Crippen LogP contribution is 2.25. The number of hydrogen-bond donors (Lipinski definition) is 1. The zero-order valence-corrected chi connectivity index (χ0v) is 17.2. The highest BCUT2D eigenvalue weighted by Gasteiger charge is 2.35. The predicted octanol–water partition coefficient (Wildman–Crippen LogP) is 2.41. The lowest BCUT2D eigenvalue weighted by Crippen LogP contribution is -2.44. The van der Waals surface area contributed by atoms with E-state index in [-0.39, 0.29) is 30.0 Å². The van der Waals surface area contributed by atoms with Gasteiger partial charge < -0.3 is 15.0 Å². The molecule has 154 valence electrons. The summed E-state index contributed by atoms with van der Waals surface area (Å²) in [6.45, 7) is 1.84. The van der Waals surface area contributed by atoms with Crippen molar-refractivity contribution >= 4 is 33.1 Å². The first-order chi connectivity index (χ1) is 13.8. The second-order valence-corrected chi connectivity index (χ2v) is 9.26. The van der Waals surface area contributed by atoms with Gasteiger partial charge in [0.25, 0.3) is 0 Å². The van der Waals surface area contributed by atoms with Crippen molar-refractivity contribution in [2.75, 3.05) is 35.4 Å². The van der Waals surface area contributed by atoms with Gasteiger partial charge in [-0.05, 0) is 43.2 Å². The highest BCUT2D eigenvalue weighted by atomic mass is 32.2. The SMILES string of the molecule is COC(=O)c1ccc(C)c(NCC(=O)N(c2ccccc2)C2CCS(=O)(=O)C2)c1. The van der Waals surface area contributed by atoms with Gasteiger partial charge in [-0.15, -0.1) is 0 Å². The Morgan fingerprint density at radius 3 is 2.52 bits per heavy atom. The number of aryl methyl sites for hydroxylation is 1. The molecule has 1 saturated heterocycles. The van der Waals surface area contributed by atoms with Crippen molar-refractivity contribution in [3.8, 4) is 0 Å². The summed E-state index contributed by atoms with van der Waals surface area (Å²) in [6, 6.07) is 13.8. The summed E-state index contributed by atoms with van der Waals surface area (Å²) in [6.07, 6.45) is 0.416. The lowest BCUT2D eigenvalue weighted by molar-refractivity contribution is -0.117. The maximum absolute atomic E-state index is 13.1. The third-order valence-corrected chi connectivity index (χ3v) is 6.72. The number of amides is 1. The van der Waals surface area contributed by atoms with Crippen molar-refractivity contribution in [2.45, 2.75) is 19.4 Å². The zero-order valence-electron chi connectivity index (χ0n) is 16.4. The van der Waals surface area contributed by atoms with Crippen LogP contribution in [-0.2, 0) is 19.4 Å². The van der Waals surface area contributed by atoms with Gasteiger partial charge in [0.15, 0.2) is 9.84 Å². The van der Waals surface area contributed by atoms with Crippen molar-refractivity contribution in [3.05, 3.63) is 59.7 Å². The minimum Gasteiger partial charge on any atom is -0.465 e. The van der Waals surface area contributed by atoms with Crippen molar-refractivity contribution in [1.29, 1.82) is 0 Å². The Morgan fingerprint density at radius 1 is 1.17 bits per heavy atom. The van der Waals surface area contributed by atoms with Gasteiger partial charge in [-0.1, -0.05) is 24.3 Å². The molecule has 1 atom stereocenters. The molecule has 1 aliphatic rings. The Kier molecular flexibility index (Phi) is 6.22. The van der Waals surface area contributed by atoms with Gasteiger partial charge in [0.2, 0.25) is 5.91 Å². The monoisotopic (exact) mass is 416 g/mol. The third kappa shape index (κ3) is 4.95. The Morgan fingerprint density at radius 2 is 1.90 bits per heavy atom. The summed E-state index contributed by atoms with van der Waals surface area (Å²) in [5.41, 5.74) is 2.57. The molecule has 29 heavy (non-hydrogen) atoms. The first-order valence-corrected chi connectivity index (χ1v) is 11.1. The number of rotatable bonds is 6. The van der Waals surface area contributed by atoms with Crippen LogP contribution in [0, 0.1) is 6.92 Å². The van der Waals surface area contributed by atoms with Crippen LogP contribution >= 0.6 is 0 Å². The Balaban J connectivity index is 1.80. The van der Waals surface area contributed by atoms with E-state index in [0.717, 1.165) is 5.56 Å². The maximum Gasteiger partial charge on any atom is 0.337 e. The average Bonchev–Trinajstić information content (AvgIpc) is 3.07.